The van der Waals surface area contributed by atoms with Gasteiger partial charge in [-0.25, -0.2) is 13.2 Å². The van der Waals surface area contributed by atoms with Crippen molar-refractivity contribution < 1.29 is 17.9 Å². The lowest BCUT2D eigenvalue weighted by Gasteiger charge is -2.14. The van der Waals surface area contributed by atoms with Crippen molar-refractivity contribution in [1.82, 2.24) is 0 Å². The Morgan fingerprint density at radius 2 is 1.81 bits per heavy atom. The van der Waals surface area contributed by atoms with Gasteiger partial charge >= 0.3 is 0 Å². The minimum Gasteiger partial charge on any atom is -0.496 e. The number of hydrogen-bond donors (Lipinski definition) is 0. The highest BCUT2D eigenvalue weighted by molar-refractivity contribution is 5.54. The van der Waals surface area contributed by atoms with Crippen LogP contribution >= 0.6 is 0 Å². The van der Waals surface area contributed by atoms with Crippen LogP contribution in [0.5, 0.6) is 5.75 Å². The van der Waals surface area contributed by atoms with E-state index in [9.17, 15) is 13.2 Å². The van der Waals surface area contributed by atoms with Crippen LogP contribution in [0, 0.1) is 11.3 Å². The fourth-order valence-corrected chi connectivity index (χ4v) is 1.54. The maximum absolute atomic E-state index is 12.7. The number of hydrogen-bond acceptors (Lipinski definition) is 2. The summed E-state index contributed by atoms with van der Waals surface area (Å²) < 4.78 is 42.9. The molecular weight excluding hydrogens is 219 g/mol. The average molecular weight is 229 g/mol. The van der Waals surface area contributed by atoms with Crippen molar-refractivity contribution in [3.8, 4) is 11.8 Å². The predicted octanol–water partition coefficient (Wildman–Crippen LogP) is 2.98. The highest BCUT2D eigenvalue weighted by Gasteiger charge is 2.18. The molecule has 5 heteroatoms. The summed E-state index contributed by atoms with van der Waals surface area (Å²) in [6.07, 6.45) is 0. The summed E-state index contributed by atoms with van der Waals surface area (Å²) in [5, 5.41) is 8.76. The monoisotopic (exact) mass is 229 g/mol. The van der Waals surface area contributed by atoms with Crippen molar-refractivity contribution in [2.75, 3.05) is 7.11 Å². The topological polar surface area (TPSA) is 33.0 Å². The van der Waals surface area contributed by atoms with E-state index in [1.807, 2.05) is 0 Å². The fourth-order valence-electron chi connectivity index (χ4n) is 1.54. The average Bonchev–Trinajstić information content (AvgIpc) is 2.35. The Kier molecular flexibility index (Phi) is 4.18. The van der Waals surface area contributed by atoms with E-state index in [1.165, 1.54) is 7.11 Å². The van der Waals surface area contributed by atoms with Crippen LogP contribution in [-0.4, -0.2) is 7.11 Å². The molecule has 0 aliphatic rings. The number of halogens is 3. The number of benzene rings is 1. The molecule has 0 radical (unpaired) electrons. The molecule has 0 atom stereocenters. The summed E-state index contributed by atoms with van der Waals surface area (Å²) in [7, 11) is 1.23. The SMILES string of the molecule is COc1c(CF)c(C#N)cc(CF)c1CF. The van der Waals surface area contributed by atoms with Gasteiger partial charge in [-0.2, -0.15) is 5.26 Å². The van der Waals surface area contributed by atoms with Gasteiger partial charge in [0.05, 0.1) is 18.7 Å². The summed E-state index contributed by atoms with van der Waals surface area (Å²) in [5.74, 6) is -0.0725. The molecule has 1 rings (SSSR count). The molecule has 0 N–H and O–H groups in total. The number of nitrogens with zero attached hydrogens (tertiary/aromatic N) is 1. The second-order valence-electron chi connectivity index (χ2n) is 3.09. The van der Waals surface area contributed by atoms with Crippen molar-refractivity contribution in [1.29, 1.82) is 5.26 Å². The van der Waals surface area contributed by atoms with Gasteiger partial charge in [-0.1, -0.05) is 0 Å². The van der Waals surface area contributed by atoms with Crippen LogP contribution in [0.15, 0.2) is 6.07 Å². The van der Waals surface area contributed by atoms with Gasteiger partial charge in [-0.15, -0.1) is 0 Å². The zero-order valence-corrected chi connectivity index (χ0v) is 8.69. The first-order valence-electron chi connectivity index (χ1n) is 4.53. The molecule has 0 amide bonds. The molecule has 0 saturated heterocycles. The predicted molar refractivity (Wildman–Crippen MR) is 52.1 cm³/mol. The summed E-state index contributed by atoms with van der Waals surface area (Å²) in [5.41, 5.74) is -0.0659. The first-order chi connectivity index (χ1) is 7.73. The number of ether oxygens (including phenoxy) is 1. The largest absolute Gasteiger partial charge is 0.496 e. The molecule has 0 fully saturated rings. The lowest BCUT2D eigenvalue weighted by Crippen LogP contribution is -2.02. The van der Waals surface area contributed by atoms with Crippen LogP contribution < -0.4 is 4.74 Å². The minimum atomic E-state index is -0.957. The molecule has 2 nitrogen and oxygen atoms in total. The Balaban J connectivity index is 3.56. The molecule has 0 aromatic heterocycles. The third-order valence-corrected chi connectivity index (χ3v) is 2.32. The summed E-state index contributed by atoms with van der Waals surface area (Å²) >= 11 is 0. The molecule has 0 spiro atoms. The maximum Gasteiger partial charge on any atom is 0.132 e. The van der Waals surface area contributed by atoms with Crippen LogP contribution in [-0.2, 0) is 20.0 Å². The summed E-state index contributed by atoms with van der Waals surface area (Å²) in [4.78, 5) is 0. The standard InChI is InChI=1S/C11H10F3NO/c1-16-11-9(4-13)7(3-12)2-8(6-15)10(11)5-14/h2H,3-5H2,1H3. The van der Waals surface area contributed by atoms with E-state index < -0.39 is 20.0 Å². The molecule has 1 aromatic rings. The molecule has 0 aliphatic heterocycles. The van der Waals surface area contributed by atoms with Crippen molar-refractivity contribution in [3.05, 3.63) is 28.3 Å². The first kappa shape index (κ1) is 12.4. The molecule has 0 bridgehead atoms. The molecule has 0 saturated carbocycles. The minimum absolute atomic E-state index is 0.0214. The van der Waals surface area contributed by atoms with E-state index in [2.05, 4.69) is 0 Å². The van der Waals surface area contributed by atoms with E-state index in [4.69, 9.17) is 10.00 Å². The van der Waals surface area contributed by atoms with Crippen molar-refractivity contribution in [3.63, 3.8) is 0 Å². The second kappa shape index (κ2) is 5.40. The van der Waals surface area contributed by atoms with Gasteiger partial charge in [-0.05, 0) is 11.6 Å². The van der Waals surface area contributed by atoms with E-state index in [0.717, 1.165) is 6.07 Å². The third kappa shape index (κ3) is 1.96. The van der Waals surface area contributed by atoms with Crippen LogP contribution in [0.1, 0.15) is 22.3 Å². The van der Waals surface area contributed by atoms with Crippen LogP contribution in [0.3, 0.4) is 0 Å². The summed E-state index contributed by atoms with van der Waals surface area (Å²) in [6.45, 7) is -2.83. The van der Waals surface area contributed by atoms with Crippen molar-refractivity contribution >= 4 is 0 Å². The van der Waals surface area contributed by atoms with Gasteiger partial charge in [0.2, 0.25) is 0 Å². The molecule has 16 heavy (non-hydrogen) atoms. The lowest BCUT2D eigenvalue weighted by atomic mass is 9.99. The summed E-state index contributed by atoms with van der Waals surface area (Å²) in [6, 6.07) is 2.90. The number of rotatable bonds is 4. The van der Waals surface area contributed by atoms with Crippen LogP contribution in [0.25, 0.3) is 0 Å². The molecule has 0 aliphatic carbocycles. The van der Waals surface area contributed by atoms with Gasteiger partial charge in [0.1, 0.15) is 25.8 Å². The van der Waals surface area contributed by atoms with Crippen LogP contribution in [0.4, 0.5) is 13.2 Å². The van der Waals surface area contributed by atoms with E-state index in [-0.39, 0.29) is 28.0 Å². The Morgan fingerprint density at radius 3 is 2.19 bits per heavy atom. The highest BCUT2D eigenvalue weighted by Crippen LogP contribution is 2.32. The Hall–Kier alpha value is -1.70. The Morgan fingerprint density at radius 1 is 1.19 bits per heavy atom. The van der Waals surface area contributed by atoms with Crippen LogP contribution in [0.2, 0.25) is 0 Å². The van der Waals surface area contributed by atoms with Crippen molar-refractivity contribution in [2.24, 2.45) is 0 Å². The number of nitriles is 1. The molecule has 1 aromatic carbocycles. The van der Waals surface area contributed by atoms with E-state index in [0.29, 0.717) is 0 Å². The number of alkyl halides is 3. The van der Waals surface area contributed by atoms with Gasteiger partial charge in [-0.3, -0.25) is 0 Å². The molecular formula is C11H10F3NO. The molecule has 0 unspecified atom stereocenters. The van der Waals surface area contributed by atoms with E-state index in [1.54, 1.807) is 6.07 Å². The smallest absolute Gasteiger partial charge is 0.132 e. The Bertz CT molecular complexity index is 426. The Labute approximate surface area is 91.3 Å². The normalized spacial score (nSPS) is 9.94. The number of methoxy groups -OCH3 is 1. The third-order valence-electron chi connectivity index (χ3n) is 2.32. The van der Waals surface area contributed by atoms with E-state index >= 15 is 0 Å². The van der Waals surface area contributed by atoms with Gasteiger partial charge in [0, 0.05) is 11.1 Å². The van der Waals surface area contributed by atoms with Gasteiger partial charge in [0.25, 0.3) is 0 Å². The maximum atomic E-state index is 12.7. The fraction of sp³-hybridized carbons (Fsp3) is 0.364. The second-order valence-corrected chi connectivity index (χ2v) is 3.09. The zero-order chi connectivity index (χ0) is 12.1. The first-order valence-corrected chi connectivity index (χ1v) is 4.53. The highest BCUT2D eigenvalue weighted by atomic mass is 19.1. The quantitative estimate of drug-likeness (QED) is 0.795. The van der Waals surface area contributed by atoms with Gasteiger partial charge < -0.3 is 4.74 Å². The zero-order valence-electron chi connectivity index (χ0n) is 8.69. The lowest BCUT2D eigenvalue weighted by molar-refractivity contribution is 0.372. The molecule has 86 valence electrons. The molecule has 0 heterocycles. The van der Waals surface area contributed by atoms with Crippen molar-refractivity contribution in [2.45, 2.75) is 20.0 Å². The van der Waals surface area contributed by atoms with Gasteiger partial charge in [0.15, 0.2) is 0 Å².